The summed E-state index contributed by atoms with van der Waals surface area (Å²) in [4.78, 5) is 24.3. The number of hydrogen-bond donors (Lipinski definition) is 3. The first-order valence-electron chi connectivity index (χ1n) is 8.43. The summed E-state index contributed by atoms with van der Waals surface area (Å²) in [6.07, 6.45) is 1.26. The van der Waals surface area contributed by atoms with Crippen LogP contribution in [0.25, 0.3) is 0 Å². The molecule has 25 heavy (non-hydrogen) atoms. The summed E-state index contributed by atoms with van der Waals surface area (Å²) in [6.45, 7) is 5.95. The Labute approximate surface area is 148 Å². The van der Waals surface area contributed by atoms with Crippen molar-refractivity contribution in [1.29, 1.82) is 0 Å². The zero-order valence-electron chi connectivity index (χ0n) is 15.1. The molecule has 140 valence electrons. The van der Waals surface area contributed by atoms with Crippen molar-refractivity contribution in [2.75, 3.05) is 6.54 Å². The van der Waals surface area contributed by atoms with E-state index in [0.29, 0.717) is 24.9 Å². The average Bonchev–Trinajstić information content (AvgIpc) is 2.50. The lowest BCUT2D eigenvalue weighted by molar-refractivity contribution is -0.123. The largest absolute Gasteiger partial charge is 0.444 e. The molecule has 0 saturated heterocycles. The Morgan fingerprint density at radius 1 is 1.28 bits per heavy atom. The highest BCUT2D eigenvalue weighted by Gasteiger charge is 2.23. The van der Waals surface area contributed by atoms with Crippen LogP contribution in [0.15, 0.2) is 24.3 Å². The van der Waals surface area contributed by atoms with Crippen molar-refractivity contribution in [3.05, 3.63) is 35.6 Å². The number of amides is 2. The maximum atomic E-state index is 13.2. The first-order valence-corrected chi connectivity index (χ1v) is 8.43. The van der Waals surface area contributed by atoms with Gasteiger partial charge in [-0.3, -0.25) is 4.79 Å². The Morgan fingerprint density at radius 2 is 2.00 bits per heavy atom. The van der Waals surface area contributed by atoms with Crippen molar-refractivity contribution in [1.82, 2.24) is 10.6 Å². The molecular formula is C18H28FN3O3. The van der Waals surface area contributed by atoms with E-state index in [0.717, 1.165) is 6.42 Å². The van der Waals surface area contributed by atoms with E-state index < -0.39 is 17.7 Å². The Hall–Kier alpha value is -2.15. The molecule has 1 aromatic carbocycles. The summed E-state index contributed by atoms with van der Waals surface area (Å²) in [5, 5.41) is 5.31. The van der Waals surface area contributed by atoms with E-state index in [1.807, 2.05) is 0 Å². The Bertz CT molecular complexity index is 573. The summed E-state index contributed by atoms with van der Waals surface area (Å²) in [5.74, 6) is -0.703. The van der Waals surface area contributed by atoms with Crippen LogP contribution in [0.3, 0.4) is 0 Å². The van der Waals surface area contributed by atoms with Gasteiger partial charge < -0.3 is 21.1 Å². The van der Waals surface area contributed by atoms with Gasteiger partial charge in [0.15, 0.2) is 0 Å². The third kappa shape index (κ3) is 9.05. The van der Waals surface area contributed by atoms with Gasteiger partial charge in [-0.1, -0.05) is 12.1 Å². The standard InChI is InChI=1S/C18H28FN3O3/c1-18(2,3)25-17(24)22-15(9-4-5-10-20)16(23)21-12-13-7-6-8-14(19)11-13/h6-8,11,15H,4-5,9-10,12,20H2,1-3H3,(H,21,23)(H,22,24). The highest BCUT2D eigenvalue weighted by atomic mass is 19.1. The lowest BCUT2D eigenvalue weighted by atomic mass is 10.1. The van der Waals surface area contributed by atoms with Crippen LogP contribution in [0.1, 0.15) is 45.6 Å². The molecule has 0 spiro atoms. The summed E-state index contributed by atoms with van der Waals surface area (Å²) in [5.41, 5.74) is 5.47. The van der Waals surface area contributed by atoms with Gasteiger partial charge in [-0.2, -0.15) is 0 Å². The van der Waals surface area contributed by atoms with Crippen LogP contribution < -0.4 is 16.4 Å². The number of unbranched alkanes of at least 4 members (excludes halogenated alkanes) is 1. The quantitative estimate of drug-likeness (QED) is 0.626. The van der Waals surface area contributed by atoms with Gasteiger partial charge in [-0.15, -0.1) is 0 Å². The molecule has 7 heteroatoms. The third-order valence-corrected chi connectivity index (χ3v) is 3.31. The van der Waals surface area contributed by atoms with Crippen molar-refractivity contribution in [3.63, 3.8) is 0 Å². The number of hydrogen-bond acceptors (Lipinski definition) is 4. The fraction of sp³-hybridized carbons (Fsp3) is 0.556. The number of carbonyl (C=O) groups excluding carboxylic acids is 2. The lowest BCUT2D eigenvalue weighted by Gasteiger charge is -2.23. The maximum absolute atomic E-state index is 13.2. The van der Waals surface area contributed by atoms with E-state index in [2.05, 4.69) is 10.6 Å². The minimum atomic E-state index is -0.727. The van der Waals surface area contributed by atoms with Crippen molar-refractivity contribution < 1.29 is 18.7 Å². The highest BCUT2D eigenvalue weighted by molar-refractivity contribution is 5.85. The molecule has 6 nitrogen and oxygen atoms in total. The van der Waals surface area contributed by atoms with Gasteiger partial charge in [0.05, 0.1) is 0 Å². The molecule has 0 aliphatic rings. The second-order valence-electron chi connectivity index (χ2n) is 6.83. The number of rotatable bonds is 8. The summed E-state index contributed by atoms with van der Waals surface area (Å²) >= 11 is 0. The number of halogens is 1. The molecule has 1 rings (SSSR count). The number of nitrogens with one attached hydrogen (secondary N) is 2. The Morgan fingerprint density at radius 3 is 2.60 bits per heavy atom. The van der Waals surface area contributed by atoms with Crippen molar-refractivity contribution in [2.24, 2.45) is 5.73 Å². The molecule has 2 amide bonds. The predicted molar refractivity (Wildman–Crippen MR) is 94.3 cm³/mol. The second-order valence-corrected chi connectivity index (χ2v) is 6.83. The normalized spacial score (nSPS) is 12.4. The molecule has 4 N–H and O–H groups in total. The van der Waals surface area contributed by atoms with E-state index in [9.17, 15) is 14.0 Å². The van der Waals surface area contributed by atoms with Crippen LogP contribution in [0.5, 0.6) is 0 Å². The van der Waals surface area contributed by atoms with Gasteiger partial charge in [-0.25, -0.2) is 9.18 Å². The molecule has 0 fully saturated rings. The molecule has 0 bridgehead atoms. The lowest BCUT2D eigenvalue weighted by Crippen LogP contribution is -2.48. The smallest absolute Gasteiger partial charge is 0.408 e. The fourth-order valence-corrected chi connectivity index (χ4v) is 2.17. The van der Waals surface area contributed by atoms with E-state index in [1.54, 1.807) is 32.9 Å². The van der Waals surface area contributed by atoms with Gasteiger partial charge in [0.2, 0.25) is 5.91 Å². The van der Waals surface area contributed by atoms with Crippen LogP contribution in [0.4, 0.5) is 9.18 Å². The third-order valence-electron chi connectivity index (χ3n) is 3.31. The van der Waals surface area contributed by atoms with E-state index >= 15 is 0 Å². The molecular weight excluding hydrogens is 325 g/mol. The number of ether oxygens (including phenoxy) is 1. The van der Waals surface area contributed by atoms with Crippen LogP contribution >= 0.6 is 0 Å². The van der Waals surface area contributed by atoms with E-state index in [-0.39, 0.29) is 18.3 Å². The molecule has 0 aromatic heterocycles. The van der Waals surface area contributed by atoms with Crippen LogP contribution in [-0.4, -0.2) is 30.2 Å². The zero-order valence-corrected chi connectivity index (χ0v) is 15.1. The van der Waals surface area contributed by atoms with Crippen LogP contribution in [-0.2, 0) is 16.1 Å². The SMILES string of the molecule is CC(C)(C)OC(=O)NC(CCCCN)C(=O)NCc1cccc(F)c1. The van der Waals surface area contributed by atoms with Crippen molar-refractivity contribution in [2.45, 2.75) is 58.2 Å². The number of benzene rings is 1. The predicted octanol–water partition coefficient (Wildman–Crippen LogP) is 2.46. The molecule has 0 radical (unpaired) electrons. The molecule has 1 atom stereocenters. The molecule has 0 saturated carbocycles. The van der Waals surface area contributed by atoms with E-state index in [4.69, 9.17) is 10.5 Å². The molecule has 1 aromatic rings. The van der Waals surface area contributed by atoms with Gasteiger partial charge >= 0.3 is 6.09 Å². The molecule has 1 unspecified atom stereocenters. The van der Waals surface area contributed by atoms with Gasteiger partial charge in [0.25, 0.3) is 0 Å². The van der Waals surface area contributed by atoms with Crippen molar-refractivity contribution >= 4 is 12.0 Å². The summed E-state index contributed by atoms with van der Waals surface area (Å²) < 4.78 is 18.4. The minimum Gasteiger partial charge on any atom is -0.444 e. The first kappa shape index (κ1) is 20.9. The first-order chi connectivity index (χ1) is 11.7. The fourth-order valence-electron chi connectivity index (χ4n) is 2.17. The highest BCUT2D eigenvalue weighted by Crippen LogP contribution is 2.09. The van der Waals surface area contributed by atoms with E-state index in [1.165, 1.54) is 12.1 Å². The van der Waals surface area contributed by atoms with Gasteiger partial charge in [-0.05, 0) is 64.3 Å². The monoisotopic (exact) mass is 353 g/mol. The number of alkyl carbamates (subject to hydrolysis) is 1. The molecule has 0 aliphatic heterocycles. The summed E-state index contributed by atoms with van der Waals surface area (Å²) in [6, 6.07) is 5.26. The maximum Gasteiger partial charge on any atom is 0.408 e. The van der Waals surface area contributed by atoms with Gasteiger partial charge in [0.1, 0.15) is 17.5 Å². The Kier molecular flexibility index (Phi) is 8.34. The summed E-state index contributed by atoms with van der Waals surface area (Å²) in [7, 11) is 0. The van der Waals surface area contributed by atoms with Gasteiger partial charge in [0, 0.05) is 6.54 Å². The minimum absolute atomic E-state index is 0.181. The average molecular weight is 353 g/mol. The number of carbonyl (C=O) groups is 2. The second kappa shape index (κ2) is 9.98. The van der Waals surface area contributed by atoms with Crippen LogP contribution in [0.2, 0.25) is 0 Å². The van der Waals surface area contributed by atoms with Crippen LogP contribution in [0, 0.1) is 5.82 Å². The zero-order chi connectivity index (χ0) is 18.9. The number of nitrogens with two attached hydrogens (primary N) is 1. The topological polar surface area (TPSA) is 93.4 Å². The molecule has 0 aliphatic carbocycles. The molecule has 0 heterocycles. The van der Waals surface area contributed by atoms with Crippen molar-refractivity contribution in [3.8, 4) is 0 Å². The Balaban J connectivity index is 2.63.